The van der Waals surface area contributed by atoms with Crippen LogP contribution in [0.2, 0.25) is 0 Å². The largest absolute Gasteiger partial charge is 0.459 e. The van der Waals surface area contributed by atoms with Gasteiger partial charge in [0, 0.05) is 31.6 Å². The smallest absolute Gasteiger partial charge is 0.338 e. The molecule has 0 spiro atoms. The van der Waals surface area contributed by atoms with Gasteiger partial charge in [-0.15, -0.1) is 0 Å². The highest BCUT2D eigenvalue weighted by Gasteiger charge is 2.36. The molecule has 0 heterocycles. The standard InChI is InChI=1S/4C22H26O4.C21H24O4.C8H18O2/c1-4-19(25-21(23)17-11-7-5-8-12-17)15-20(16(2)3)26-22(24)18-13-9-6-10-14-18;2*1-4-19(25-20(23)17-12-8-6-9-13-17)16-22(3,5-2)26-21(24)18-14-10-7-11-15-18;1-4-19(25-21(23)17-12-8-6-9-13-17)16(3)20(5-2)26-22(24)18-14-10-7-11-15-18;1-3-18(24-20(22)16-11-7-5-8-12-16)15-19(4-2)25-21(23)17-13-9-6-10-14-17;1-4-7(9)5-8(10)6(2)3/h5-14,16,19-20H,4,15H2,1-3H3;2*6-15,19H,4-5,16H2,1-3H3;6-16,19-20H,4-5H2,1-3H3;5-14,18-19H,3-4,15H2,1-2H3;6-10H,4-5H2,1-3H3. The first-order chi connectivity index (χ1) is 66.7. The zero-order valence-electron chi connectivity index (χ0n) is 84.0. The highest BCUT2D eigenvalue weighted by molar-refractivity contribution is 5.94. The van der Waals surface area contributed by atoms with Gasteiger partial charge in [0.05, 0.1) is 67.8 Å². The maximum Gasteiger partial charge on any atom is 0.338 e. The van der Waals surface area contributed by atoms with Crippen LogP contribution in [0, 0.1) is 17.8 Å². The molecular weight excluding hydrogens is 1760 g/mol. The highest BCUT2D eigenvalue weighted by Crippen LogP contribution is 2.31. The number of carbonyl (C=O) groups excluding carboxylic acids is 10. The molecule has 0 radical (unpaired) electrons. The quantitative estimate of drug-likeness (QED) is 0.0265. The van der Waals surface area contributed by atoms with Gasteiger partial charge in [0.15, 0.2) is 0 Å². The predicted octanol–water partition coefficient (Wildman–Crippen LogP) is 25.7. The summed E-state index contributed by atoms with van der Waals surface area (Å²) in [6, 6.07) is 89.1. The summed E-state index contributed by atoms with van der Waals surface area (Å²) in [5.74, 6) is -3.29. The molecule has 0 aliphatic rings. The van der Waals surface area contributed by atoms with E-state index >= 15 is 0 Å². The second-order valence-corrected chi connectivity index (χ2v) is 35.0. The van der Waals surface area contributed by atoms with Gasteiger partial charge >= 0.3 is 59.7 Å². The van der Waals surface area contributed by atoms with Crippen LogP contribution in [-0.4, -0.2) is 142 Å². The van der Waals surface area contributed by atoms with Crippen LogP contribution in [0.5, 0.6) is 0 Å². The van der Waals surface area contributed by atoms with E-state index in [4.69, 9.17) is 52.5 Å². The lowest BCUT2D eigenvalue weighted by atomic mass is 9.93. The number of ether oxygens (including phenoxy) is 10. The molecule has 22 heteroatoms. The van der Waals surface area contributed by atoms with Crippen molar-refractivity contribution in [3.63, 3.8) is 0 Å². The van der Waals surface area contributed by atoms with Gasteiger partial charge in [0.1, 0.15) is 60.0 Å². The van der Waals surface area contributed by atoms with Gasteiger partial charge in [-0.1, -0.05) is 286 Å². The average molecular weight is 1900 g/mol. The minimum absolute atomic E-state index is 0.106. The Morgan fingerprint density at radius 3 is 0.612 bits per heavy atom. The van der Waals surface area contributed by atoms with Crippen molar-refractivity contribution < 1.29 is 106 Å². The van der Waals surface area contributed by atoms with Crippen LogP contribution in [-0.2, 0) is 47.4 Å². The lowest BCUT2D eigenvalue weighted by Crippen LogP contribution is -2.36. The molecule has 10 aromatic carbocycles. The first-order valence-corrected chi connectivity index (χ1v) is 48.7. The lowest BCUT2D eigenvalue weighted by Gasteiger charge is -2.32. The molecule has 0 bridgehead atoms. The molecule has 10 rings (SSSR count). The Kier molecular flexibility index (Phi) is 53.6. The third kappa shape index (κ3) is 43.2. The average Bonchev–Trinajstić information content (AvgIpc) is 0.872. The lowest BCUT2D eigenvalue weighted by molar-refractivity contribution is -0.0439. The van der Waals surface area contributed by atoms with E-state index in [-0.39, 0.29) is 138 Å². The SMILES string of the molecule is CCC(CC(C)(CC)OC(=O)c1ccccc1)OC(=O)c1ccccc1.CCC(CC(C)(CC)OC(=O)c1ccccc1)OC(=O)c1ccccc1.CCC(CC(CC)OC(=O)c1ccccc1)OC(=O)c1ccccc1.CCC(CC(OC(=O)c1ccccc1)C(C)C)OC(=O)c1ccccc1.CCC(O)CC(O)C(C)C.CCC(OC(=O)c1ccccc1)C(C)C(CC)OC(=O)c1ccccc1. The molecule has 0 fully saturated rings. The second-order valence-electron chi connectivity index (χ2n) is 35.0. The van der Waals surface area contributed by atoms with Gasteiger partial charge in [-0.05, 0) is 218 Å². The van der Waals surface area contributed by atoms with Gasteiger partial charge in [-0.3, -0.25) is 0 Å². The summed E-state index contributed by atoms with van der Waals surface area (Å²) in [4.78, 5) is 123. The van der Waals surface area contributed by atoms with Crippen LogP contribution < -0.4 is 0 Å². The molecule has 2 N–H and O–H groups in total. The van der Waals surface area contributed by atoms with Gasteiger partial charge in [0.2, 0.25) is 0 Å². The fraction of sp³-hybridized carbons (Fsp3) is 0.402. The number of carbonyl (C=O) groups is 10. The molecule has 0 aliphatic carbocycles. The van der Waals surface area contributed by atoms with Crippen molar-refractivity contribution in [1.82, 2.24) is 0 Å². The normalized spacial score (nSPS) is 13.9. The van der Waals surface area contributed by atoms with Crippen molar-refractivity contribution in [2.75, 3.05) is 0 Å². The minimum Gasteiger partial charge on any atom is -0.459 e. The van der Waals surface area contributed by atoms with E-state index in [1.54, 1.807) is 243 Å². The summed E-state index contributed by atoms with van der Waals surface area (Å²) in [5, 5.41) is 18.4. The maximum absolute atomic E-state index is 12.4. The summed E-state index contributed by atoms with van der Waals surface area (Å²) < 4.78 is 56.6. The van der Waals surface area contributed by atoms with Crippen LogP contribution in [0.4, 0.5) is 0 Å². The molecule has 0 amide bonds. The Hall–Kier alpha value is -13.2. The maximum atomic E-state index is 12.4. The molecule has 22 nitrogen and oxygen atoms in total. The molecule has 0 saturated heterocycles. The van der Waals surface area contributed by atoms with Crippen LogP contribution in [0.25, 0.3) is 0 Å². The number of hydrogen-bond donors (Lipinski definition) is 2. The summed E-state index contributed by atoms with van der Waals surface area (Å²) >= 11 is 0. The number of hydrogen-bond acceptors (Lipinski definition) is 22. The number of esters is 10. The number of rotatable bonds is 44. The molecular formula is C117H146O22. The summed E-state index contributed by atoms with van der Waals surface area (Å²) in [5.41, 5.74) is 3.79. The fourth-order valence-electron chi connectivity index (χ4n) is 14.0. The first-order valence-electron chi connectivity index (χ1n) is 48.7. The molecule has 12 unspecified atom stereocenters. The Bertz CT molecular complexity index is 4830. The van der Waals surface area contributed by atoms with Gasteiger partial charge in [-0.25, -0.2) is 47.9 Å². The zero-order valence-corrected chi connectivity index (χ0v) is 84.0. The van der Waals surface area contributed by atoms with Crippen molar-refractivity contribution in [2.24, 2.45) is 17.8 Å². The van der Waals surface area contributed by atoms with Crippen LogP contribution in [0.1, 0.15) is 318 Å². The fourth-order valence-corrected chi connectivity index (χ4v) is 14.0. The number of aliphatic hydroxyl groups excluding tert-OH is 2. The van der Waals surface area contributed by atoms with Crippen LogP contribution >= 0.6 is 0 Å². The summed E-state index contributed by atoms with van der Waals surface area (Å²) in [7, 11) is 0. The van der Waals surface area contributed by atoms with E-state index in [1.807, 2.05) is 178 Å². The molecule has 0 saturated carbocycles. The summed E-state index contributed by atoms with van der Waals surface area (Å²) in [6.07, 6.45) is 5.77. The molecule has 0 aromatic heterocycles. The van der Waals surface area contributed by atoms with Gasteiger partial charge in [0.25, 0.3) is 0 Å². The topological polar surface area (TPSA) is 303 Å². The molecule has 746 valence electrons. The Morgan fingerprint density at radius 1 is 0.230 bits per heavy atom. The zero-order chi connectivity index (χ0) is 102. The van der Waals surface area contributed by atoms with E-state index in [2.05, 4.69) is 0 Å². The van der Waals surface area contributed by atoms with Crippen molar-refractivity contribution >= 4 is 59.7 Å². The van der Waals surface area contributed by atoms with Crippen molar-refractivity contribution in [3.05, 3.63) is 359 Å². The molecule has 0 aliphatic heterocycles. The van der Waals surface area contributed by atoms with E-state index < -0.39 is 11.2 Å². The Morgan fingerprint density at radius 2 is 0.424 bits per heavy atom. The summed E-state index contributed by atoms with van der Waals surface area (Å²) in [6.45, 7) is 33.2. The second kappa shape index (κ2) is 64.1. The molecule has 12 atom stereocenters. The predicted molar refractivity (Wildman–Crippen MR) is 543 cm³/mol. The Labute approximate surface area is 823 Å². The number of benzene rings is 10. The Balaban J connectivity index is 0.000000299. The van der Waals surface area contributed by atoms with Crippen molar-refractivity contribution in [3.8, 4) is 0 Å². The van der Waals surface area contributed by atoms with Gasteiger partial charge in [-0.2, -0.15) is 0 Å². The van der Waals surface area contributed by atoms with Crippen LogP contribution in [0.15, 0.2) is 303 Å². The van der Waals surface area contributed by atoms with Crippen LogP contribution in [0.3, 0.4) is 0 Å². The van der Waals surface area contributed by atoms with E-state index in [0.29, 0.717) is 146 Å². The first kappa shape index (κ1) is 116. The van der Waals surface area contributed by atoms with Crippen molar-refractivity contribution in [1.29, 1.82) is 0 Å². The van der Waals surface area contributed by atoms with Crippen molar-refractivity contribution in [2.45, 2.75) is 286 Å². The van der Waals surface area contributed by atoms with E-state index in [0.717, 1.165) is 6.42 Å². The third-order valence-electron chi connectivity index (χ3n) is 23.5. The minimum atomic E-state index is -0.704. The van der Waals surface area contributed by atoms with Gasteiger partial charge < -0.3 is 57.6 Å². The van der Waals surface area contributed by atoms with E-state index in [1.165, 1.54) is 0 Å². The molecule has 139 heavy (non-hydrogen) atoms. The molecule has 10 aromatic rings. The number of aliphatic hydroxyl groups is 2. The van der Waals surface area contributed by atoms with E-state index in [9.17, 15) is 53.1 Å². The highest BCUT2D eigenvalue weighted by atomic mass is 16.6. The monoisotopic (exact) mass is 1900 g/mol. The third-order valence-corrected chi connectivity index (χ3v) is 23.5.